The van der Waals surface area contributed by atoms with E-state index in [1.54, 1.807) is 48.5 Å². The molecule has 0 bridgehead atoms. The third kappa shape index (κ3) is 4.05. The number of halogens is 2. The Hall–Kier alpha value is -4.01. The fourth-order valence-electron chi connectivity index (χ4n) is 3.42. The van der Waals surface area contributed by atoms with E-state index in [0.29, 0.717) is 21.3 Å². The van der Waals surface area contributed by atoms with Gasteiger partial charge < -0.3 is 9.15 Å². The zero-order valence-corrected chi connectivity index (χ0v) is 18.7. The van der Waals surface area contributed by atoms with Crippen molar-refractivity contribution in [2.24, 2.45) is 0 Å². The van der Waals surface area contributed by atoms with Crippen molar-refractivity contribution in [1.82, 2.24) is 10.2 Å². The number of anilines is 1. The van der Waals surface area contributed by atoms with Gasteiger partial charge in [0.2, 0.25) is 5.89 Å². The summed E-state index contributed by atoms with van der Waals surface area (Å²) in [4.78, 5) is 39.2. The maximum absolute atomic E-state index is 12.9. The van der Waals surface area contributed by atoms with Crippen LogP contribution in [0.1, 0.15) is 37.0 Å². The van der Waals surface area contributed by atoms with Crippen LogP contribution < -0.4 is 4.90 Å². The van der Waals surface area contributed by atoms with Crippen LogP contribution in [0, 0.1) is 0 Å². The third-order valence-electron chi connectivity index (χ3n) is 5.09. The van der Waals surface area contributed by atoms with Gasteiger partial charge in [-0.15, -0.1) is 10.2 Å². The van der Waals surface area contributed by atoms with Gasteiger partial charge in [-0.3, -0.25) is 9.59 Å². The van der Waals surface area contributed by atoms with Gasteiger partial charge >= 0.3 is 5.97 Å². The van der Waals surface area contributed by atoms with E-state index < -0.39 is 17.8 Å². The molecule has 2 amide bonds. The normalized spacial score (nSPS) is 12.7. The largest absolute Gasteiger partial charge is 0.452 e. The molecule has 4 aromatic rings. The summed E-state index contributed by atoms with van der Waals surface area (Å²) >= 11 is 11.8. The lowest BCUT2D eigenvalue weighted by molar-refractivity contribution is 0.0438. The molecular formula is C24H13Cl2N3O5. The standard InChI is InChI=1S/C24H13Cl2N3O5/c25-15-4-1-13(2-5-15)21-28-27-20(34-21)12-33-24(32)14-3-10-18-19(11-14)23(31)29(22(18)30)17-8-6-16(26)7-9-17/h1-11H,12H2. The number of aromatic nitrogens is 2. The van der Waals surface area contributed by atoms with Crippen LogP contribution in [0.4, 0.5) is 5.69 Å². The Morgan fingerprint density at radius 1 is 0.853 bits per heavy atom. The van der Waals surface area contributed by atoms with Crippen molar-refractivity contribution >= 4 is 46.7 Å². The van der Waals surface area contributed by atoms with E-state index in [4.69, 9.17) is 32.4 Å². The first-order valence-corrected chi connectivity index (χ1v) is 10.7. The molecule has 0 N–H and O–H groups in total. The van der Waals surface area contributed by atoms with Gasteiger partial charge in [0.05, 0.1) is 22.4 Å². The molecule has 0 saturated carbocycles. The van der Waals surface area contributed by atoms with Gasteiger partial charge in [0.1, 0.15) is 0 Å². The summed E-state index contributed by atoms with van der Waals surface area (Å²) in [7, 11) is 0. The Morgan fingerprint density at radius 3 is 2.21 bits per heavy atom. The van der Waals surface area contributed by atoms with Crippen molar-refractivity contribution in [1.29, 1.82) is 0 Å². The van der Waals surface area contributed by atoms with Gasteiger partial charge in [-0.1, -0.05) is 23.2 Å². The van der Waals surface area contributed by atoms with Gasteiger partial charge in [0.25, 0.3) is 17.7 Å². The lowest BCUT2D eigenvalue weighted by Crippen LogP contribution is -2.29. The van der Waals surface area contributed by atoms with E-state index in [9.17, 15) is 14.4 Å². The number of hydrogen-bond acceptors (Lipinski definition) is 7. The molecule has 3 aromatic carbocycles. The van der Waals surface area contributed by atoms with Gasteiger partial charge in [0, 0.05) is 15.6 Å². The van der Waals surface area contributed by atoms with Crippen LogP contribution in [0.5, 0.6) is 0 Å². The number of carbonyl (C=O) groups is 3. The maximum atomic E-state index is 12.9. The van der Waals surface area contributed by atoms with Crippen molar-refractivity contribution in [3.63, 3.8) is 0 Å². The topological polar surface area (TPSA) is 103 Å². The first kappa shape index (κ1) is 21.8. The fraction of sp³-hybridized carbons (Fsp3) is 0.0417. The fourth-order valence-corrected chi connectivity index (χ4v) is 3.68. The molecule has 0 aliphatic carbocycles. The number of amides is 2. The Balaban J connectivity index is 1.29. The van der Waals surface area contributed by atoms with Gasteiger partial charge in [-0.25, -0.2) is 9.69 Å². The van der Waals surface area contributed by atoms with E-state index >= 15 is 0 Å². The van der Waals surface area contributed by atoms with Crippen LogP contribution >= 0.6 is 23.2 Å². The average molecular weight is 494 g/mol. The van der Waals surface area contributed by atoms with Crippen LogP contribution in [-0.4, -0.2) is 28.0 Å². The van der Waals surface area contributed by atoms with Crippen molar-refractivity contribution in [2.75, 3.05) is 4.90 Å². The number of imide groups is 1. The number of hydrogen-bond donors (Lipinski definition) is 0. The summed E-state index contributed by atoms with van der Waals surface area (Å²) in [6, 6.07) is 17.3. The monoisotopic (exact) mass is 493 g/mol. The Bertz CT molecular complexity index is 1430. The molecule has 1 aromatic heterocycles. The number of nitrogens with zero attached hydrogens (tertiary/aromatic N) is 3. The van der Waals surface area contributed by atoms with Crippen LogP contribution in [0.2, 0.25) is 10.0 Å². The molecule has 0 radical (unpaired) electrons. The highest BCUT2D eigenvalue weighted by Gasteiger charge is 2.37. The number of carbonyl (C=O) groups excluding carboxylic acids is 3. The molecule has 34 heavy (non-hydrogen) atoms. The van der Waals surface area contributed by atoms with Gasteiger partial charge in [-0.05, 0) is 66.7 Å². The van der Waals surface area contributed by atoms with Crippen molar-refractivity contribution < 1.29 is 23.5 Å². The van der Waals surface area contributed by atoms with E-state index in [1.807, 2.05) is 0 Å². The summed E-state index contributed by atoms with van der Waals surface area (Å²) in [6.45, 7) is -0.264. The lowest BCUT2D eigenvalue weighted by Gasteiger charge is -2.13. The van der Waals surface area contributed by atoms with E-state index in [0.717, 1.165) is 4.90 Å². The summed E-state index contributed by atoms with van der Waals surface area (Å²) in [5.74, 6) is -1.38. The van der Waals surface area contributed by atoms with E-state index in [-0.39, 0.29) is 35.1 Å². The van der Waals surface area contributed by atoms with Crippen molar-refractivity contribution in [3.8, 4) is 11.5 Å². The van der Waals surface area contributed by atoms with Crippen molar-refractivity contribution in [3.05, 3.63) is 99.4 Å². The summed E-state index contributed by atoms with van der Waals surface area (Å²) in [6.07, 6.45) is 0. The zero-order valence-electron chi connectivity index (χ0n) is 17.2. The molecule has 5 rings (SSSR count). The summed E-state index contributed by atoms with van der Waals surface area (Å²) < 4.78 is 10.8. The zero-order chi connectivity index (χ0) is 23.8. The maximum Gasteiger partial charge on any atom is 0.338 e. The Labute approximate surface area is 202 Å². The predicted molar refractivity (Wildman–Crippen MR) is 123 cm³/mol. The molecule has 168 valence electrons. The first-order valence-electron chi connectivity index (χ1n) is 9.94. The molecule has 0 fully saturated rings. The highest BCUT2D eigenvalue weighted by molar-refractivity contribution is 6.35. The predicted octanol–water partition coefficient (Wildman–Crippen LogP) is 5.20. The smallest absolute Gasteiger partial charge is 0.338 e. The second-order valence-electron chi connectivity index (χ2n) is 7.27. The third-order valence-corrected chi connectivity index (χ3v) is 5.60. The summed E-state index contributed by atoms with van der Waals surface area (Å²) in [5, 5.41) is 8.85. The number of benzene rings is 3. The Morgan fingerprint density at radius 2 is 1.50 bits per heavy atom. The molecule has 0 spiro atoms. The van der Waals surface area contributed by atoms with Crippen LogP contribution in [0.25, 0.3) is 11.5 Å². The number of esters is 1. The van der Waals surface area contributed by atoms with Crippen LogP contribution in [0.3, 0.4) is 0 Å². The average Bonchev–Trinajstić information content (AvgIpc) is 3.41. The van der Waals surface area contributed by atoms with E-state index in [2.05, 4.69) is 10.2 Å². The highest BCUT2D eigenvalue weighted by atomic mass is 35.5. The quantitative estimate of drug-likeness (QED) is 0.278. The molecule has 1 aliphatic rings. The molecule has 8 nitrogen and oxygen atoms in total. The van der Waals surface area contributed by atoms with Crippen molar-refractivity contribution in [2.45, 2.75) is 6.61 Å². The first-order chi connectivity index (χ1) is 16.4. The molecule has 1 aliphatic heterocycles. The number of rotatable bonds is 5. The number of fused-ring (bicyclic) bond motifs is 1. The van der Waals surface area contributed by atoms with Gasteiger partial charge in [0.15, 0.2) is 6.61 Å². The minimum atomic E-state index is -0.709. The molecule has 2 heterocycles. The SMILES string of the molecule is O=C(OCc1nnc(-c2ccc(Cl)cc2)o1)c1ccc2c(c1)C(=O)N(c1ccc(Cl)cc1)C2=O. The highest BCUT2D eigenvalue weighted by Crippen LogP contribution is 2.30. The second kappa shape index (κ2) is 8.74. The minimum Gasteiger partial charge on any atom is -0.452 e. The second-order valence-corrected chi connectivity index (χ2v) is 8.14. The van der Waals surface area contributed by atoms with Crippen LogP contribution in [-0.2, 0) is 11.3 Å². The minimum absolute atomic E-state index is 0.0969. The van der Waals surface area contributed by atoms with E-state index in [1.165, 1.54) is 18.2 Å². The lowest BCUT2D eigenvalue weighted by atomic mass is 10.1. The van der Waals surface area contributed by atoms with Gasteiger partial charge in [-0.2, -0.15) is 0 Å². The Kier molecular flexibility index (Phi) is 5.61. The van der Waals surface area contributed by atoms with Crippen LogP contribution in [0.15, 0.2) is 71.1 Å². The summed E-state index contributed by atoms with van der Waals surface area (Å²) in [5.41, 5.74) is 1.46. The molecule has 0 atom stereocenters. The molecule has 10 heteroatoms. The molecular weight excluding hydrogens is 481 g/mol. The molecule has 0 unspecified atom stereocenters. The number of ether oxygens (including phenoxy) is 1. The molecule has 0 saturated heterocycles.